The number of fused-ring (bicyclic) bond motifs is 1. The lowest BCUT2D eigenvalue weighted by molar-refractivity contribution is 0.122. The lowest BCUT2D eigenvalue weighted by Gasteiger charge is -2.32. The maximum absolute atomic E-state index is 13.0. The number of hydrogen-bond donors (Lipinski definition) is 1. The van der Waals surface area contributed by atoms with Gasteiger partial charge in [0.05, 0.1) is 24.4 Å². The first-order valence-corrected chi connectivity index (χ1v) is 13.6. The molecule has 0 aliphatic carbocycles. The molecule has 0 radical (unpaired) electrons. The van der Waals surface area contributed by atoms with Gasteiger partial charge in [-0.1, -0.05) is 6.92 Å². The fourth-order valence-electron chi connectivity index (χ4n) is 5.89. The number of amides is 2. The van der Waals surface area contributed by atoms with E-state index in [0.717, 1.165) is 93.5 Å². The van der Waals surface area contributed by atoms with Crippen LogP contribution in [-0.4, -0.2) is 73.4 Å². The molecule has 0 spiro atoms. The number of carbonyl (C=O) groups is 1. The summed E-state index contributed by atoms with van der Waals surface area (Å²) in [4.78, 5) is 28.9. The van der Waals surface area contributed by atoms with Crippen LogP contribution in [-0.2, 0) is 4.74 Å². The van der Waals surface area contributed by atoms with Gasteiger partial charge in [0.1, 0.15) is 6.33 Å². The van der Waals surface area contributed by atoms with Crippen LogP contribution in [0.25, 0.3) is 10.9 Å². The maximum Gasteiger partial charge on any atom is 0.321 e. The average molecular weight is 501 g/mol. The topological polar surface area (TPSA) is 73.8 Å². The Balaban J connectivity index is 1.07. The number of benzene rings is 2. The number of hydrogen-bond acceptors (Lipinski definition) is 6. The number of nitrogens with one attached hydrogen (secondary N) is 1. The van der Waals surface area contributed by atoms with E-state index in [1.807, 2.05) is 17.0 Å². The molecule has 3 aliphatic rings. The molecule has 2 aromatic carbocycles. The summed E-state index contributed by atoms with van der Waals surface area (Å²) < 4.78 is 5.44. The van der Waals surface area contributed by atoms with Crippen LogP contribution < -0.4 is 15.1 Å². The molecule has 1 N–H and O–H groups in total. The number of rotatable bonds is 4. The van der Waals surface area contributed by atoms with Crippen molar-refractivity contribution < 1.29 is 9.53 Å². The molecule has 0 bridgehead atoms. The Hall–Kier alpha value is -3.39. The third kappa shape index (κ3) is 5.21. The fraction of sp³-hybridized carbons (Fsp3) is 0.483. The van der Waals surface area contributed by atoms with Gasteiger partial charge in [-0.15, -0.1) is 0 Å². The monoisotopic (exact) mass is 500 g/mol. The first-order chi connectivity index (χ1) is 18.1. The Morgan fingerprint density at radius 3 is 2.38 bits per heavy atom. The third-order valence-corrected chi connectivity index (χ3v) is 8.10. The zero-order valence-electron chi connectivity index (χ0n) is 21.6. The summed E-state index contributed by atoms with van der Waals surface area (Å²) in [6.07, 6.45) is 4.76. The van der Waals surface area contributed by atoms with E-state index in [4.69, 9.17) is 9.72 Å². The molecule has 3 aliphatic heterocycles. The van der Waals surface area contributed by atoms with Crippen LogP contribution in [0.3, 0.4) is 0 Å². The molecule has 4 heterocycles. The number of piperidine rings is 1. The third-order valence-electron chi connectivity index (χ3n) is 8.10. The van der Waals surface area contributed by atoms with Crippen LogP contribution >= 0.6 is 0 Å². The largest absolute Gasteiger partial charge is 0.378 e. The average Bonchev–Trinajstić information content (AvgIpc) is 3.39. The fourth-order valence-corrected chi connectivity index (χ4v) is 5.89. The summed E-state index contributed by atoms with van der Waals surface area (Å²) >= 11 is 0. The molecule has 0 saturated carbocycles. The molecule has 6 rings (SSSR count). The summed E-state index contributed by atoms with van der Waals surface area (Å²) in [7, 11) is 0. The lowest BCUT2D eigenvalue weighted by Crippen LogP contribution is -2.40. The van der Waals surface area contributed by atoms with E-state index < -0.39 is 0 Å². The van der Waals surface area contributed by atoms with Gasteiger partial charge in [-0.05, 0) is 67.6 Å². The second-order valence-corrected chi connectivity index (χ2v) is 10.6. The highest BCUT2D eigenvalue weighted by Gasteiger charge is 2.27. The summed E-state index contributed by atoms with van der Waals surface area (Å²) in [6, 6.07) is 14.7. The standard InChI is InChI=1S/C29H36N6O2/c1-21-8-11-35(19-21)25-6-7-26-27(18-25)30-20-31-28(26)22-9-12-34(13-10-22)29(36)32-23-2-4-24(5-3-23)33-14-16-37-17-15-33/h2-7,18,20-22H,8-17,19H2,1H3,(H,32,36). The summed E-state index contributed by atoms with van der Waals surface area (Å²) in [6.45, 7) is 9.31. The number of morpholine rings is 1. The van der Waals surface area contributed by atoms with E-state index in [2.05, 4.69) is 57.4 Å². The van der Waals surface area contributed by atoms with Crippen molar-refractivity contribution in [2.24, 2.45) is 5.92 Å². The molecular weight excluding hydrogens is 464 g/mol. The van der Waals surface area contributed by atoms with Crippen LogP contribution in [0.2, 0.25) is 0 Å². The van der Waals surface area contributed by atoms with E-state index in [-0.39, 0.29) is 6.03 Å². The number of nitrogens with zero attached hydrogens (tertiary/aromatic N) is 5. The molecule has 3 saturated heterocycles. The maximum atomic E-state index is 13.0. The Bertz CT molecular complexity index is 1230. The Kier molecular flexibility index (Phi) is 6.83. The molecule has 8 nitrogen and oxygen atoms in total. The van der Waals surface area contributed by atoms with Crippen molar-refractivity contribution >= 4 is 34.0 Å². The zero-order valence-corrected chi connectivity index (χ0v) is 21.6. The van der Waals surface area contributed by atoms with Gasteiger partial charge in [0.2, 0.25) is 0 Å². The normalized spacial score (nSPS) is 21.0. The molecule has 37 heavy (non-hydrogen) atoms. The minimum Gasteiger partial charge on any atom is -0.378 e. The van der Waals surface area contributed by atoms with Crippen molar-refractivity contribution in [3.8, 4) is 0 Å². The van der Waals surface area contributed by atoms with Crippen molar-refractivity contribution in [3.05, 3.63) is 54.5 Å². The van der Waals surface area contributed by atoms with Crippen molar-refractivity contribution in [1.82, 2.24) is 14.9 Å². The zero-order chi connectivity index (χ0) is 25.2. The van der Waals surface area contributed by atoms with Gasteiger partial charge in [0.15, 0.2) is 0 Å². The number of anilines is 3. The predicted molar refractivity (Wildman–Crippen MR) is 148 cm³/mol. The number of ether oxygens (including phenoxy) is 1. The van der Waals surface area contributed by atoms with E-state index in [0.29, 0.717) is 5.92 Å². The minimum absolute atomic E-state index is 0.0328. The molecule has 1 unspecified atom stereocenters. The first-order valence-electron chi connectivity index (χ1n) is 13.6. The minimum atomic E-state index is -0.0328. The Labute approximate surface area is 218 Å². The molecule has 3 aromatic rings. The SMILES string of the molecule is CC1CCN(c2ccc3c(C4CCN(C(=O)Nc5ccc(N6CCOCC6)cc5)CC4)ncnc3c2)C1. The predicted octanol–water partition coefficient (Wildman–Crippen LogP) is 4.72. The number of likely N-dealkylation sites (tertiary alicyclic amines) is 1. The van der Waals surface area contributed by atoms with Crippen molar-refractivity contribution in [1.29, 1.82) is 0 Å². The highest BCUT2D eigenvalue weighted by atomic mass is 16.5. The van der Waals surface area contributed by atoms with Crippen molar-refractivity contribution in [2.45, 2.75) is 32.1 Å². The van der Waals surface area contributed by atoms with Gasteiger partial charge in [-0.25, -0.2) is 14.8 Å². The van der Waals surface area contributed by atoms with Gasteiger partial charge < -0.3 is 24.8 Å². The van der Waals surface area contributed by atoms with E-state index in [1.165, 1.54) is 17.8 Å². The molecule has 3 fully saturated rings. The van der Waals surface area contributed by atoms with Crippen molar-refractivity contribution in [2.75, 3.05) is 67.6 Å². The quantitative estimate of drug-likeness (QED) is 0.559. The smallest absolute Gasteiger partial charge is 0.321 e. The van der Waals surface area contributed by atoms with Gasteiger partial charge in [0, 0.05) is 67.6 Å². The van der Waals surface area contributed by atoms with Gasteiger partial charge >= 0.3 is 6.03 Å². The van der Waals surface area contributed by atoms with Crippen LogP contribution in [0.15, 0.2) is 48.8 Å². The Morgan fingerprint density at radius 1 is 0.892 bits per heavy atom. The van der Waals surface area contributed by atoms with Crippen LogP contribution in [0.4, 0.5) is 21.9 Å². The summed E-state index contributed by atoms with van der Waals surface area (Å²) in [5, 5.41) is 4.22. The molecule has 8 heteroatoms. The number of carbonyl (C=O) groups excluding carboxylic acids is 1. The van der Waals surface area contributed by atoms with E-state index in [9.17, 15) is 4.79 Å². The van der Waals surface area contributed by atoms with Gasteiger partial charge in [-0.3, -0.25) is 0 Å². The lowest BCUT2D eigenvalue weighted by atomic mass is 9.91. The number of urea groups is 1. The molecule has 1 atom stereocenters. The van der Waals surface area contributed by atoms with Crippen molar-refractivity contribution in [3.63, 3.8) is 0 Å². The molecule has 1 aromatic heterocycles. The van der Waals surface area contributed by atoms with E-state index >= 15 is 0 Å². The van der Waals surface area contributed by atoms with Gasteiger partial charge in [0.25, 0.3) is 0 Å². The molecule has 2 amide bonds. The van der Waals surface area contributed by atoms with Crippen LogP contribution in [0.1, 0.15) is 37.8 Å². The second kappa shape index (κ2) is 10.5. The number of aromatic nitrogens is 2. The van der Waals surface area contributed by atoms with Crippen LogP contribution in [0.5, 0.6) is 0 Å². The molecular formula is C29H36N6O2. The molecule has 194 valence electrons. The summed E-state index contributed by atoms with van der Waals surface area (Å²) in [5.74, 6) is 1.08. The Morgan fingerprint density at radius 2 is 1.65 bits per heavy atom. The van der Waals surface area contributed by atoms with Gasteiger partial charge in [-0.2, -0.15) is 0 Å². The highest BCUT2D eigenvalue weighted by Crippen LogP contribution is 2.33. The van der Waals surface area contributed by atoms with E-state index in [1.54, 1.807) is 6.33 Å². The highest BCUT2D eigenvalue weighted by molar-refractivity contribution is 5.89. The summed E-state index contributed by atoms with van der Waals surface area (Å²) in [5.41, 5.74) is 5.38. The first kappa shape index (κ1) is 24.0. The van der Waals surface area contributed by atoms with Crippen LogP contribution in [0, 0.1) is 5.92 Å². The second-order valence-electron chi connectivity index (χ2n) is 10.6.